The third-order valence-electron chi connectivity index (χ3n) is 6.91. The quantitative estimate of drug-likeness (QED) is 0.538. The topological polar surface area (TPSA) is 123 Å². The number of hydrogen-bond donors (Lipinski definition) is 3. The zero-order valence-electron chi connectivity index (χ0n) is 19.0. The van der Waals surface area contributed by atoms with E-state index in [0.717, 1.165) is 48.8 Å². The molecule has 0 unspecified atom stereocenters. The number of para-hydroxylation sites is 1. The van der Waals surface area contributed by atoms with Gasteiger partial charge < -0.3 is 14.8 Å². The molecule has 0 bridgehead atoms. The first-order chi connectivity index (χ1) is 14.9. The Morgan fingerprint density at radius 2 is 1.62 bits per heavy atom. The molecule has 32 heavy (non-hydrogen) atoms. The Kier molecular flexibility index (Phi) is 5.76. The Balaban J connectivity index is 1.81. The normalized spacial score (nSPS) is 18.9. The molecule has 1 heterocycles. The number of hydrogen-bond acceptors (Lipinski definition) is 5. The van der Waals surface area contributed by atoms with Gasteiger partial charge in [0.2, 0.25) is 5.09 Å². The van der Waals surface area contributed by atoms with Crippen molar-refractivity contribution in [2.75, 3.05) is 5.32 Å². The summed E-state index contributed by atoms with van der Waals surface area (Å²) in [6.45, 7) is 7.27. The lowest BCUT2D eigenvalue weighted by atomic mass is 9.87. The van der Waals surface area contributed by atoms with Crippen molar-refractivity contribution in [1.29, 1.82) is 0 Å². The second kappa shape index (κ2) is 8.01. The van der Waals surface area contributed by atoms with E-state index in [1.165, 1.54) is 13.8 Å². The summed E-state index contributed by atoms with van der Waals surface area (Å²) in [6, 6.07) is 6.11. The molecule has 0 radical (unpaired) electrons. The standard InChI is InChI=1S/C24H32N2O5S/c1-13(15-8-9-15)17-6-5-7-18(14(2)16-10-11-16)21(17)26-22(27)20-19(24(3,4)28)12-31-23(20)32(25,29)30/h5-7,12-16,28H,8-11H2,1-4H3,(H,26,27)(H2,25,29,30)/t13-,14-/m1/s1. The number of aliphatic hydroxyl groups is 1. The molecule has 8 heteroatoms. The molecule has 7 nitrogen and oxygen atoms in total. The Hall–Kier alpha value is -2.16. The summed E-state index contributed by atoms with van der Waals surface area (Å²) in [6.07, 6.45) is 5.74. The van der Waals surface area contributed by atoms with Gasteiger partial charge in [-0.3, -0.25) is 4.79 Å². The first-order valence-electron chi connectivity index (χ1n) is 11.2. The van der Waals surface area contributed by atoms with Crippen molar-refractivity contribution in [3.05, 3.63) is 46.7 Å². The van der Waals surface area contributed by atoms with Gasteiger partial charge in [-0.25, -0.2) is 13.6 Å². The maximum Gasteiger partial charge on any atom is 0.272 e. The molecule has 4 rings (SSSR count). The van der Waals surface area contributed by atoms with Gasteiger partial charge >= 0.3 is 0 Å². The highest BCUT2D eigenvalue weighted by Gasteiger charge is 2.37. The van der Waals surface area contributed by atoms with E-state index < -0.39 is 26.6 Å². The SMILES string of the molecule is C[C@@H](c1cccc([C@H](C)C2CC2)c1NC(=O)c1c(C(C)(C)O)coc1S(N)(=O)=O)C1CC1. The van der Waals surface area contributed by atoms with E-state index in [4.69, 9.17) is 9.56 Å². The van der Waals surface area contributed by atoms with Crippen LogP contribution in [-0.4, -0.2) is 19.4 Å². The third-order valence-corrected chi connectivity index (χ3v) is 7.73. The van der Waals surface area contributed by atoms with Gasteiger partial charge in [0.1, 0.15) is 5.56 Å². The van der Waals surface area contributed by atoms with E-state index in [9.17, 15) is 18.3 Å². The van der Waals surface area contributed by atoms with Crippen LogP contribution in [0.1, 0.15) is 92.3 Å². The van der Waals surface area contributed by atoms with Crippen molar-refractivity contribution in [1.82, 2.24) is 0 Å². The number of furan rings is 1. The lowest BCUT2D eigenvalue weighted by molar-refractivity contribution is 0.0754. The van der Waals surface area contributed by atoms with E-state index >= 15 is 0 Å². The molecule has 2 aliphatic rings. The zero-order chi connectivity index (χ0) is 23.4. The number of nitrogens with two attached hydrogens (primary N) is 1. The van der Waals surface area contributed by atoms with Crippen molar-refractivity contribution in [3.63, 3.8) is 0 Å². The average Bonchev–Trinajstić information content (AvgIpc) is 3.62. The van der Waals surface area contributed by atoms with Gasteiger partial charge in [-0.15, -0.1) is 0 Å². The van der Waals surface area contributed by atoms with Crippen LogP contribution in [0.25, 0.3) is 0 Å². The second-order valence-corrected chi connectivity index (χ2v) is 11.4. The lowest BCUT2D eigenvalue weighted by Crippen LogP contribution is -2.25. The molecule has 2 atom stereocenters. The summed E-state index contributed by atoms with van der Waals surface area (Å²) >= 11 is 0. The number of carbonyl (C=O) groups excluding carboxylic acids is 1. The van der Waals surface area contributed by atoms with Gasteiger partial charge in [-0.2, -0.15) is 0 Å². The minimum Gasteiger partial charge on any atom is -0.451 e. The number of primary sulfonamides is 1. The third kappa shape index (κ3) is 4.49. The fraction of sp³-hybridized carbons (Fsp3) is 0.542. The summed E-state index contributed by atoms with van der Waals surface area (Å²) in [4.78, 5) is 13.5. The smallest absolute Gasteiger partial charge is 0.272 e. The number of rotatable bonds is 8. The highest BCUT2D eigenvalue weighted by atomic mass is 32.2. The summed E-state index contributed by atoms with van der Waals surface area (Å²) in [5.74, 6) is 1.05. The molecule has 1 aromatic heterocycles. The number of sulfonamides is 1. The van der Waals surface area contributed by atoms with Crippen LogP contribution in [0.4, 0.5) is 5.69 Å². The minimum absolute atomic E-state index is 0.0727. The largest absolute Gasteiger partial charge is 0.451 e. The van der Waals surface area contributed by atoms with Crippen molar-refractivity contribution in [2.45, 2.75) is 75.9 Å². The number of benzene rings is 1. The Morgan fingerprint density at radius 1 is 1.12 bits per heavy atom. The molecule has 1 amide bonds. The van der Waals surface area contributed by atoms with E-state index in [1.807, 2.05) is 18.2 Å². The average molecular weight is 461 g/mol. The number of anilines is 1. The molecule has 2 fully saturated rings. The van der Waals surface area contributed by atoms with Crippen LogP contribution in [0.5, 0.6) is 0 Å². The Labute approximate surface area is 189 Å². The van der Waals surface area contributed by atoms with Gasteiger partial charge in [0.25, 0.3) is 15.9 Å². The van der Waals surface area contributed by atoms with E-state index in [-0.39, 0.29) is 23.0 Å². The molecule has 4 N–H and O–H groups in total. The molecule has 2 aliphatic carbocycles. The fourth-order valence-electron chi connectivity index (χ4n) is 4.58. The zero-order valence-corrected chi connectivity index (χ0v) is 19.8. The van der Waals surface area contributed by atoms with Crippen LogP contribution in [0.3, 0.4) is 0 Å². The maximum absolute atomic E-state index is 13.5. The Bertz CT molecular complexity index is 1100. The number of carbonyl (C=O) groups is 1. The van der Waals surface area contributed by atoms with Crippen molar-refractivity contribution in [2.24, 2.45) is 17.0 Å². The van der Waals surface area contributed by atoms with E-state index in [1.54, 1.807) is 0 Å². The predicted molar refractivity (Wildman–Crippen MR) is 122 cm³/mol. The van der Waals surface area contributed by atoms with Crippen molar-refractivity contribution >= 4 is 21.6 Å². The highest BCUT2D eigenvalue weighted by molar-refractivity contribution is 7.89. The van der Waals surface area contributed by atoms with Crippen molar-refractivity contribution < 1.29 is 22.7 Å². The molecular formula is C24H32N2O5S. The van der Waals surface area contributed by atoms with Crippen LogP contribution in [-0.2, 0) is 15.6 Å². The monoisotopic (exact) mass is 460 g/mol. The summed E-state index contributed by atoms with van der Waals surface area (Å²) in [7, 11) is -4.31. The van der Waals surface area contributed by atoms with Crippen molar-refractivity contribution in [3.8, 4) is 0 Å². The predicted octanol–water partition coefficient (Wildman–Crippen LogP) is 4.43. The molecular weight excluding hydrogens is 428 g/mol. The van der Waals surface area contributed by atoms with Crippen LogP contribution in [0.15, 0.2) is 34.0 Å². The van der Waals surface area contributed by atoms with Gasteiger partial charge in [-0.1, -0.05) is 32.0 Å². The van der Waals surface area contributed by atoms with Crippen LogP contribution in [0.2, 0.25) is 0 Å². The lowest BCUT2D eigenvalue weighted by Gasteiger charge is -2.24. The first kappa shape index (κ1) is 23.0. The molecule has 2 aromatic rings. The Morgan fingerprint density at radius 3 is 2.03 bits per heavy atom. The summed E-state index contributed by atoms with van der Waals surface area (Å²) in [5.41, 5.74) is 1.17. The summed E-state index contributed by atoms with van der Waals surface area (Å²) in [5, 5.41) is 18.2. The fourth-order valence-corrected chi connectivity index (χ4v) is 5.25. The minimum atomic E-state index is -4.31. The van der Waals surface area contributed by atoms with Crippen LogP contribution in [0, 0.1) is 11.8 Å². The van der Waals surface area contributed by atoms with Crippen LogP contribution < -0.4 is 10.5 Å². The van der Waals surface area contributed by atoms with Gasteiger partial charge in [0.15, 0.2) is 0 Å². The molecule has 0 aliphatic heterocycles. The number of nitrogens with one attached hydrogen (secondary N) is 1. The van der Waals surface area contributed by atoms with Gasteiger partial charge in [0.05, 0.1) is 11.9 Å². The van der Waals surface area contributed by atoms with E-state index in [2.05, 4.69) is 19.2 Å². The second-order valence-electron chi connectivity index (χ2n) is 9.93. The van der Waals surface area contributed by atoms with Gasteiger partial charge in [-0.05, 0) is 74.3 Å². The summed E-state index contributed by atoms with van der Waals surface area (Å²) < 4.78 is 29.4. The molecule has 2 saturated carbocycles. The molecule has 0 spiro atoms. The maximum atomic E-state index is 13.5. The first-order valence-corrected chi connectivity index (χ1v) is 12.8. The molecule has 174 valence electrons. The molecule has 0 saturated heterocycles. The molecule has 1 aromatic carbocycles. The highest BCUT2D eigenvalue weighted by Crippen LogP contribution is 2.49. The van der Waals surface area contributed by atoms with E-state index in [0.29, 0.717) is 11.8 Å². The number of amides is 1. The van der Waals surface area contributed by atoms with Gasteiger partial charge in [0, 0.05) is 11.3 Å². The van der Waals surface area contributed by atoms with Crippen LogP contribution >= 0.6 is 0 Å².